The lowest BCUT2D eigenvalue weighted by Crippen LogP contribution is -2.36. The highest BCUT2D eigenvalue weighted by atomic mass is 32.2. The topological polar surface area (TPSA) is 47.4 Å². The van der Waals surface area contributed by atoms with Crippen LogP contribution in [0.3, 0.4) is 0 Å². The summed E-state index contributed by atoms with van der Waals surface area (Å²) in [6.45, 7) is 9.01. The average molecular weight is 506 g/mol. The van der Waals surface area contributed by atoms with Crippen molar-refractivity contribution in [3.8, 4) is 22.7 Å². The maximum absolute atomic E-state index is 13.2. The monoisotopic (exact) mass is 505 g/mol. The Bertz CT molecular complexity index is 1250. The number of nitrogens with zero attached hydrogens (tertiary/aromatic N) is 3. The van der Waals surface area contributed by atoms with Crippen molar-refractivity contribution in [2.75, 3.05) is 6.61 Å². The zero-order valence-electron chi connectivity index (χ0n) is 20.7. The summed E-state index contributed by atoms with van der Waals surface area (Å²) in [7, 11) is 0. The number of para-hydroxylation sites is 1. The molecule has 1 amide bonds. The highest BCUT2D eigenvalue weighted by Gasteiger charge is 2.35. The number of ether oxygens (including phenoxy) is 1. The highest BCUT2D eigenvalue weighted by molar-refractivity contribution is 8.26. The maximum atomic E-state index is 13.2. The summed E-state index contributed by atoms with van der Waals surface area (Å²) in [4.78, 5) is 15.5. The molecule has 35 heavy (non-hydrogen) atoms. The van der Waals surface area contributed by atoms with Gasteiger partial charge in [0.25, 0.3) is 5.91 Å². The molecular formula is C28H31N3O2S2. The second-order valence-electron chi connectivity index (χ2n) is 8.70. The fourth-order valence-electron chi connectivity index (χ4n) is 3.90. The number of thiocarbonyl (C=S) groups is 1. The van der Waals surface area contributed by atoms with Crippen molar-refractivity contribution < 1.29 is 9.53 Å². The van der Waals surface area contributed by atoms with Crippen molar-refractivity contribution in [2.24, 2.45) is 0 Å². The van der Waals surface area contributed by atoms with Crippen LogP contribution in [-0.2, 0) is 4.79 Å². The van der Waals surface area contributed by atoms with Crippen LogP contribution in [-0.4, -0.2) is 37.6 Å². The van der Waals surface area contributed by atoms with Crippen LogP contribution in [0.5, 0.6) is 5.75 Å². The number of thioether (sulfide) groups is 1. The predicted octanol–water partition coefficient (Wildman–Crippen LogP) is 7.03. The van der Waals surface area contributed by atoms with E-state index in [0.29, 0.717) is 15.8 Å². The summed E-state index contributed by atoms with van der Waals surface area (Å²) in [5.74, 6) is 0.851. The van der Waals surface area contributed by atoms with Gasteiger partial charge in [0.05, 0.1) is 17.2 Å². The Hall–Kier alpha value is -2.90. The van der Waals surface area contributed by atoms with Gasteiger partial charge < -0.3 is 4.74 Å². The average Bonchev–Trinajstić information content (AvgIpc) is 3.40. The number of hydrogen-bond acceptors (Lipinski definition) is 5. The Morgan fingerprint density at radius 1 is 1.17 bits per heavy atom. The van der Waals surface area contributed by atoms with Crippen LogP contribution in [0, 0.1) is 6.92 Å². The minimum atomic E-state index is -0.0383. The molecule has 7 heteroatoms. The van der Waals surface area contributed by atoms with Gasteiger partial charge in [0.1, 0.15) is 15.8 Å². The fraction of sp³-hybridized carbons (Fsp3) is 0.321. The molecule has 1 saturated heterocycles. The Labute approximate surface area is 217 Å². The van der Waals surface area contributed by atoms with Gasteiger partial charge in [-0.25, -0.2) is 4.68 Å². The van der Waals surface area contributed by atoms with E-state index < -0.39 is 0 Å². The second kappa shape index (κ2) is 11.2. The van der Waals surface area contributed by atoms with Crippen LogP contribution in [0.1, 0.15) is 51.2 Å². The zero-order valence-corrected chi connectivity index (χ0v) is 22.3. The third kappa shape index (κ3) is 5.52. The number of benzene rings is 2. The quantitative estimate of drug-likeness (QED) is 0.178. The molecule has 0 unspecified atom stereocenters. The number of aromatic nitrogens is 2. The number of amides is 1. The number of carbonyl (C=O) groups excluding carboxylic acids is 1. The molecule has 4 rings (SSSR count). The Morgan fingerprint density at radius 3 is 2.63 bits per heavy atom. The van der Waals surface area contributed by atoms with E-state index in [1.165, 1.54) is 11.8 Å². The Kier molecular flexibility index (Phi) is 8.08. The molecule has 1 aromatic heterocycles. The fourth-order valence-corrected chi connectivity index (χ4v) is 5.35. The van der Waals surface area contributed by atoms with E-state index in [4.69, 9.17) is 22.1 Å². The first-order valence-corrected chi connectivity index (χ1v) is 13.3. The largest absolute Gasteiger partial charge is 0.493 e. The van der Waals surface area contributed by atoms with Gasteiger partial charge in [-0.15, -0.1) is 0 Å². The third-order valence-corrected chi connectivity index (χ3v) is 7.44. The van der Waals surface area contributed by atoms with Gasteiger partial charge in [0, 0.05) is 23.4 Å². The van der Waals surface area contributed by atoms with Crippen LogP contribution >= 0.6 is 24.0 Å². The summed E-state index contributed by atoms with van der Waals surface area (Å²) < 4.78 is 8.41. The molecule has 2 heterocycles. The van der Waals surface area contributed by atoms with E-state index in [1.54, 1.807) is 4.90 Å². The van der Waals surface area contributed by atoms with E-state index in [9.17, 15) is 4.79 Å². The van der Waals surface area contributed by atoms with Gasteiger partial charge >= 0.3 is 0 Å². The van der Waals surface area contributed by atoms with Crippen molar-refractivity contribution in [2.45, 2.75) is 53.0 Å². The summed E-state index contributed by atoms with van der Waals surface area (Å²) in [6, 6.07) is 16.2. The van der Waals surface area contributed by atoms with Crippen molar-refractivity contribution in [1.29, 1.82) is 0 Å². The van der Waals surface area contributed by atoms with Crippen LogP contribution in [0.2, 0.25) is 0 Å². The van der Waals surface area contributed by atoms with Crippen LogP contribution < -0.4 is 4.74 Å². The molecule has 0 spiro atoms. The van der Waals surface area contributed by atoms with E-state index in [-0.39, 0.29) is 11.9 Å². The zero-order chi connectivity index (χ0) is 24.9. The summed E-state index contributed by atoms with van der Waals surface area (Å²) in [6.07, 6.45) is 6.87. The number of hydrogen-bond donors (Lipinski definition) is 0. The number of carbonyl (C=O) groups is 1. The molecule has 2 aromatic carbocycles. The maximum Gasteiger partial charge on any atom is 0.266 e. The van der Waals surface area contributed by atoms with Crippen LogP contribution in [0.15, 0.2) is 59.6 Å². The molecule has 1 aliphatic heterocycles. The summed E-state index contributed by atoms with van der Waals surface area (Å²) in [5, 5.41) is 4.92. The van der Waals surface area contributed by atoms with E-state index in [1.807, 2.05) is 66.3 Å². The lowest BCUT2D eigenvalue weighted by Gasteiger charge is -2.21. The standard InChI is InChI=1S/C28H31N3O2S2/c1-5-7-15-33-24-14-13-21(16-19(24)3)26-22(18-30(29-26)23-11-9-8-10-12-23)17-25-27(32)31(20(4)6-2)28(34)35-25/h8-14,16-18,20H,5-7,15H2,1-4H3/b25-17-/t20-/m0/s1. The first-order chi connectivity index (χ1) is 16.9. The van der Waals surface area contributed by atoms with E-state index >= 15 is 0 Å². The van der Waals surface area contributed by atoms with Gasteiger partial charge in [-0.1, -0.05) is 62.4 Å². The van der Waals surface area contributed by atoms with Crippen molar-refractivity contribution in [3.63, 3.8) is 0 Å². The minimum absolute atomic E-state index is 0.0383. The lowest BCUT2D eigenvalue weighted by molar-refractivity contribution is -0.123. The SMILES string of the molecule is CCCCOc1ccc(-c2nn(-c3ccccc3)cc2/C=C2\SC(=S)N([C@@H](C)CC)C2=O)cc1C. The molecule has 0 radical (unpaired) electrons. The first kappa shape index (κ1) is 25.2. The van der Waals surface area contributed by atoms with Crippen LogP contribution in [0.25, 0.3) is 23.0 Å². The van der Waals surface area contributed by atoms with Gasteiger partial charge in [-0.2, -0.15) is 5.10 Å². The lowest BCUT2D eigenvalue weighted by atomic mass is 10.0. The van der Waals surface area contributed by atoms with Crippen molar-refractivity contribution in [1.82, 2.24) is 14.7 Å². The minimum Gasteiger partial charge on any atom is -0.493 e. The number of unbranched alkanes of at least 4 members (excludes halogenated alkanes) is 1. The summed E-state index contributed by atoms with van der Waals surface area (Å²) >= 11 is 6.89. The van der Waals surface area contributed by atoms with Gasteiger partial charge in [-0.3, -0.25) is 9.69 Å². The highest BCUT2D eigenvalue weighted by Crippen LogP contribution is 2.37. The normalized spacial score (nSPS) is 15.8. The molecule has 1 aliphatic rings. The molecular weight excluding hydrogens is 474 g/mol. The van der Waals surface area contributed by atoms with E-state index in [0.717, 1.165) is 53.1 Å². The third-order valence-electron chi connectivity index (χ3n) is 6.11. The molecule has 5 nitrogen and oxygen atoms in total. The summed E-state index contributed by atoms with van der Waals surface area (Å²) in [5.41, 5.74) is 4.67. The molecule has 182 valence electrons. The van der Waals surface area contributed by atoms with Gasteiger partial charge in [0.15, 0.2) is 0 Å². The van der Waals surface area contributed by atoms with Crippen molar-refractivity contribution >= 4 is 40.3 Å². The van der Waals surface area contributed by atoms with Gasteiger partial charge in [0.2, 0.25) is 0 Å². The van der Waals surface area contributed by atoms with Gasteiger partial charge in [-0.05, 0) is 68.7 Å². The molecule has 1 atom stereocenters. The van der Waals surface area contributed by atoms with E-state index in [2.05, 4.69) is 26.8 Å². The predicted molar refractivity (Wildman–Crippen MR) is 149 cm³/mol. The molecule has 0 saturated carbocycles. The Balaban J connectivity index is 1.74. The first-order valence-electron chi connectivity index (χ1n) is 12.1. The molecule has 3 aromatic rings. The van der Waals surface area contributed by atoms with Crippen LogP contribution in [0.4, 0.5) is 0 Å². The Morgan fingerprint density at radius 2 is 1.94 bits per heavy atom. The number of rotatable bonds is 9. The molecule has 0 aliphatic carbocycles. The van der Waals surface area contributed by atoms with Crippen molar-refractivity contribution in [3.05, 3.63) is 70.8 Å². The molecule has 1 fully saturated rings. The number of aryl methyl sites for hydroxylation is 1. The second-order valence-corrected chi connectivity index (χ2v) is 10.4. The molecule has 0 N–H and O–H groups in total. The molecule has 0 bridgehead atoms. The smallest absolute Gasteiger partial charge is 0.266 e.